The second-order valence-electron chi connectivity index (χ2n) is 7.20. The van der Waals surface area contributed by atoms with Crippen LogP contribution in [0.2, 0.25) is 0 Å². The Morgan fingerprint density at radius 1 is 1.04 bits per heavy atom. The summed E-state index contributed by atoms with van der Waals surface area (Å²) in [7, 11) is 0. The molecule has 0 bridgehead atoms. The molecule has 1 aliphatic rings. The van der Waals surface area contributed by atoms with Crippen molar-refractivity contribution in [3.05, 3.63) is 35.4 Å². The second-order valence-corrected chi connectivity index (χ2v) is 7.20. The van der Waals surface area contributed by atoms with Crippen molar-refractivity contribution in [2.75, 3.05) is 19.6 Å². The number of hydrogen-bond donors (Lipinski definition) is 0. The third-order valence-electron chi connectivity index (χ3n) is 5.45. The van der Waals surface area contributed by atoms with Crippen LogP contribution >= 0.6 is 0 Å². The van der Waals surface area contributed by atoms with E-state index in [2.05, 4.69) is 61.8 Å². The van der Waals surface area contributed by atoms with Crippen molar-refractivity contribution < 1.29 is 0 Å². The molecule has 1 aromatic rings. The number of nitrogens with zero attached hydrogens (tertiary/aromatic N) is 2. The van der Waals surface area contributed by atoms with Gasteiger partial charge in [-0.25, -0.2) is 0 Å². The molecule has 1 fully saturated rings. The number of aryl methyl sites for hydroxylation is 1. The van der Waals surface area contributed by atoms with Gasteiger partial charge in [0.15, 0.2) is 0 Å². The maximum absolute atomic E-state index is 2.82. The van der Waals surface area contributed by atoms with E-state index in [0.29, 0.717) is 0 Å². The van der Waals surface area contributed by atoms with Gasteiger partial charge in [-0.2, -0.15) is 0 Å². The first kappa shape index (κ1) is 18.5. The van der Waals surface area contributed by atoms with Gasteiger partial charge in [0.2, 0.25) is 0 Å². The maximum atomic E-state index is 2.82. The molecule has 0 unspecified atom stereocenters. The van der Waals surface area contributed by atoms with E-state index in [4.69, 9.17) is 0 Å². The highest BCUT2D eigenvalue weighted by Crippen LogP contribution is 2.23. The Kier molecular flexibility index (Phi) is 7.58. The Hall–Kier alpha value is -0.860. The van der Waals surface area contributed by atoms with Gasteiger partial charge in [-0.15, -0.1) is 0 Å². The van der Waals surface area contributed by atoms with Crippen molar-refractivity contribution >= 4 is 0 Å². The van der Waals surface area contributed by atoms with Crippen molar-refractivity contribution in [1.82, 2.24) is 9.80 Å². The molecule has 1 aliphatic heterocycles. The summed E-state index contributed by atoms with van der Waals surface area (Å²) < 4.78 is 0. The third kappa shape index (κ3) is 5.32. The lowest BCUT2D eigenvalue weighted by atomic mass is 9.98. The standard InChI is InChI=1S/C21H36N2/c1-5-14-23(20(6-2)7-3)21-12-15-22(16-13-21)17-19-10-8-18(4)9-11-19/h8-11,20-21H,5-7,12-17H2,1-4H3. The first-order valence-electron chi connectivity index (χ1n) is 9.71. The molecule has 0 atom stereocenters. The summed E-state index contributed by atoms with van der Waals surface area (Å²) in [6, 6.07) is 10.6. The van der Waals surface area contributed by atoms with Crippen LogP contribution in [0.5, 0.6) is 0 Å². The Morgan fingerprint density at radius 2 is 1.65 bits per heavy atom. The van der Waals surface area contributed by atoms with Crippen LogP contribution in [0.1, 0.15) is 64.0 Å². The van der Waals surface area contributed by atoms with Crippen LogP contribution in [-0.2, 0) is 6.54 Å². The fourth-order valence-electron chi connectivity index (χ4n) is 4.04. The average molecular weight is 317 g/mol. The van der Waals surface area contributed by atoms with Crippen molar-refractivity contribution in [3.8, 4) is 0 Å². The van der Waals surface area contributed by atoms with Gasteiger partial charge in [0.25, 0.3) is 0 Å². The van der Waals surface area contributed by atoms with Gasteiger partial charge in [-0.1, -0.05) is 50.6 Å². The van der Waals surface area contributed by atoms with Gasteiger partial charge in [0.05, 0.1) is 0 Å². The van der Waals surface area contributed by atoms with Gasteiger partial charge in [0, 0.05) is 18.6 Å². The molecule has 0 amide bonds. The first-order chi connectivity index (χ1) is 11.2. The van der Waals surface area contributed by atoms with Gasteiger partial charge >= 0.3 is 0 Å². The van der Waals surface area contributed by atoms with E-state index in [1.807, 2.05) is 0 Å². The molecule has 0 radical (unpaired) electrons. The van der Waals surface area contributed by atoms with E-state index in [9.17, 15) is 0 Å². The Labute approximate surface area is 143 Å². The monoisotopic (exact) mass is 316 g/mol. The van der Waals surface area contributed by atoms with Crippen LogP contribution in [0.15, 0.2) is 24.3 Å². The number of likely N-dealkylation sites (tertiary alicyclic amines) is 1. The van der Waals surface area contributed by atoms with Crippen molar-refractivity contribution in [1.29, 1.82) is 0 Å². The number of piperidine rings is 1. The van der Waals surface area contributed by atoms with Gasteiger partial charge < -0.3 is 0 Å². The van der Waals surface area contributed by atoms with E-state index in [0.717, 1.165) is 18.6 Å². The van der Waals surface area contributed by atoms with Gasteiger partial charge in [-0.3, -0.25) is 9.80 Å². The summed E-state index contributed by atoms with van der Waals surface area (Å²) in [5.74, 6) is 0. The van der Waals surface area contributed by atoms with Crippen LogP contribution in [0.25, 0.3) is 0 Å². The predicted molar refractivity (Wildman–Crippen MR) is 101 cm³/mol. The number of benzene rings is 1. The van der Waals surface area contributed by atoms with Crippen molar-refractivity contribution in [2.45, 2.75) is 78.4 Å². The zero-order valence-electron chi connectivity index (χ0n) is 15.7. The Balaban J connectivity index is 1.87. The summed E-state index contributed by atoms with van der Waals surface area (Å²) >= 11 is 0. The lowest BCUT2D eigenvalue weighted by Gasteiger charge is -2.42. The minimum atomic E-state index is 0.781. The van der Waals surface area contributed by atoms with Crippen molar-refractivity contribution in [3.63, 3.8) is 0 Å². The molecular weight excluding hydrogens is 280 g/mol. The van der Waals surface area contributed by atoms with Gasteiger partial charge in [-0.05, 0) is 64.2 Å². The van der Waals surface area contributed by atoms with E-state index < -0.39 is 0 Å². The first-order valence-corrected chi connectivity index (χ1v) is 9.71. The molecule has 23 heavy (non-hydrogen) atoms. The molecule has 130 valence electrons. The minimum Gasteiger partial charge on any atom is -0.299 e. The molecule has 0 N–H and O–H groups in total. The number of hydrogen-bond acceptors (Lipinski definition) is 2. The fraction of sp³-hybridized carbons (Fsp3) is 0.714. The Bertz CT molecular complexity index is 428. The SMILES string of the molecule is CCCN(C(CC)CC)C1CCN(Cc2ccc(C)cc2)CC1. The molecule has 1 saturated heterocycles. The summed E-state index contributed by atoms with van der Waals surface area (Å²) in [5.41, 5.74) is 2.81. The molecule has 1 heterocycles. The van der Waals surface area contributed by atoms with E-state index in [-0.39, 0.29) is 0 Å². The van der Waals surface area contributed by atoms with Crippen LogP contribution in [0.3, 0.4) is 0 Å². The molecule has 0 aromatic heterocycles. The summed E-state index contributed by atoms with van der Waals surface area (Å²) in [5, 5.41) is 0. The number of rotatable bonds is 8. The van der Waals surface area contributed by atoms with Gasteiger partial charge in [0.1, 0.15) is 0 Å². The normalized spacial score (nSPS) is 17.3. The topological polar surface area (TPSA) is 6.48 Å². The van der Waals surface area contributed by atoms with E-state index in [1.54, 1.807) is 0 Å². The molecule has 2 nitrogen and oxygen atoms in total. The Morgan fingerprint density at radius 3 is 2.17 bits per heavy atom. The lowest BCUT2D eigenvalue weighted by molar-refractivity contribution is 0.0669. The van der Waals surface area contributed by atoms with Crippen LogP contribution in [0, 0.1) is 6.92 Å². The molecule has 0 aliphatic carbocycles. The minimum absolute atomic E-state index is 0.781. The second kappa shape index (κ2) is 9.44. The quantitative estimate of drug-likeness (QED) is 0.676. The molecule has 0 spiro atoms. The molecule has 0 saturated carbocycles. The molecular formula is C21H36N2. The summed E-state index contributed by atoms with van der Waals surface area (Å²) in [6.07, 6.45) is 6.53. The molecule has 1 aromatic carbocycles. The maximum Gasteiger partial charge on any atom is 0.0233 e. The third-order valence-corrected chi connectivity index (χ3v) is 5.45. The average Bonchev–Trinajstić information content (AvgIpc) is 2.58. The highest BCUT2D eigenvalue weighted by Gasteiger charge is 2.27. The van der Waals surface area contributed by atoms with E-state index >= 15 is 0 Å². The van der Waals surface area contributed by atoms with E-state index in [1.165, 1.54) is 62.9 Å². The molecule has 2 rings (SSSR count). The largest absolute Gasteiger partial charge is 0.299 e. The highest BCUT2D eigenvalue weighted by atomic mass is 15.2. The zero-order chi connectivity index (χ0) is 16.7. The van der Waals surface area contributed by atoms with Crippen LogP contribution in [0.4, 0.5) is 0 Å². The summed E-state index contributed by atoms with van der Waals surface area (Å²) in [4.78, 5) is 5.46. The summed E-state index contributed by atoms with van der Waals surface area (Å²) in [6.45, 7) is 14.1. The van der Waals surface area contributed by atoms with Crippen molar-refractivity contribution in [2.24, 2.45) is 0 Å². The molecule has 2 heteroatoms. The predicted octanol–water partition coefficient (Wildman–Crippen LogP) is 4.86. The fourth-order valence-corrected chi connectivity index (χ4v) is 4.04. The van der Waals surface area contributed by atoms with Crippen LogP contribution < -0.4 is 0 Å². The highest BCUT2D eigenvalue weighted by molar-refractivity contribution is 5.21. The van der Waals surface area contributed by atoms with Crippen LogP contribution in [-0.4, -0.2) is 41.5 Å². The zero-order valence-corrected chi connectivity index (χ0v) is 15.7. The lowest BCUT2D eigenvalue weighted by Crippen LogP contribution is -2.49. The smallest absolute Gasteiger partial charge is 0.0233 e.